The molecule has 2 aromatic rings. The van der Waals surface area contributed by atoms with Crippen LogP contribution < -0.4 is 5.43 Å². The second-order valence-electron chi connectivity index (χ2n) is 4.39. The number of nitrogens with zero attached hydrogens (tertiary/aromatic N) is 2. The molecule has 104 valence electrons. The van der Waals surface area contributed by atoms with Crippen molar-refractivity contribution in [2.24, 2.45) is 0 Å². The second-order valence-corrected chi connectivity index (χ2v) is 4.80. The SMILES string of the molecule is CCc1cn(-c2cc(C)ccc2Cl)nc(C(=O)O)c1=O. The van der Waals surface area contributed by atoms with Gasteiger partial charge >= 0.3 is 5.97 Å². The van der Waals surface area contributed by atoms with Crippen LogP contribution in [0.25, 0.3) is 5.69 Å². The molecular formula is C14H13ClN2O3. The van der Waals surface area contributed by atoms with Gasteiger partial charge in [0.25, 0.3) is 0 Å². The van der Waals surface area contributed by atoms with Crippen LogP contribution in [0.15, 0.2) is 29.2 Å². The molecule has 0 aliphatic rings. The maximum absolute atomic E-state index is 11.9. The third-order valence-corrected chi connectivity index (χ3v) is 3.24. The van der Waals surface area contributed by atoms with Crippen molar-refractivity contribution in [1.29, 1.82) is 0 Å². The molecule has 0 radical (unpaired) electrons. The minimum atomic E-state index is -1.34. The Morgan fingerprint density at radius 2 is 2.15 bits per heavy atom. The zero-order chi connectivity index (χ0) is 14.9. The van der Waals surface area contributed by atoms with Crippen molar-refractivity contribution in [1.82, 2.24) is 9.78 Å². The highest BCUT2D eigenvalue weighted by Gasteiger charge is 2.16. The lowest BCUT2D eigenvalue weighted by molar-refractivity contribution is 0.0686. The van der Waals surface area contributed by atoms with E-state index in [1.54, 1.807) is 19.1 Å². The molecule has 0 saturated heterocycles. The number of rotatable bonds is 3. The van der Waals surface area contributed by atoms with Gasteiger partial charge in [0.15, 0.2) is 0 Å². The van der Waals surface area contributed by atoms with Gasteiger partial charge in [-0.3, -0.25) is 4.79 Å². The lowest BCUT2D eigenvalue weighted by atomic mass is 10.2. The Morgan fingerprint density at radius 1 is 1.45 bits per heavy atom. The van der Waals surface area contributed by atoms with Crippen LogP contribution in [-0.4, -0.2) is 20.9 Å². The largest absolute Gasteiger partial charge is 0.476 e. The Bertz CT molecular complexity index is 738. The minimum Gasteiger partial charge on any atom is -0.476 e. The van der Waals surface area contributed by atoms with E-state index in [1.165, 1.54) is 10.9 Å². The van der Waals surface area contributed by atoms with Crippen LogP contribution in [0.4, 0.5) is 0 Å². The van der Waals surface area contributed by atoms with Gasteiger partial charge in [-0.1, -0.05) is 24.6 Å². The minimum absolute atomic E-state index is 0.384. The number of aromatic nitrogens is 2. The molecule has 0 fully saturated rings. The molecule has 0 saturated carbocycles. The molecule has 0 bridgehead atoms. The van der Waals surface area contributed by atoms with Crippen LogP contribution in [0.5, 0.6) is 0 Å². The molecule has 0 aliphatic heterocycles. The number of halogens is 1. The maximum atomic E-state index is 11.9. The fraction of sp³-hybridized carbons (Fsp3) is 0.214. The third-order valence-electron chi connectivity index (χ3n) is 2.92. The predicted molar refractivity (Wildman–Crippen MR) is 75.9 cm³/mol. The number of benzene rings is 1. The van der Waals surface area contributed by atoms with Gasteiger partial charge in [0, 0.05) is 11.8 Å². The molecule has 2 rings (SSSR count). The van der Waals surface area contributed by atoms with E-state index in [0.717, 1.165) is 5.56 Å². The van der Waals surface area contributed by atoms with Crippen molar-refractivity contribution >= 4 is 17.6 Å². The highest BCUT2D eigenvalue weighted by Crippen LogP contribution is 2.21. The van der Waals surface area contributed by atoms with Gasteiger partial charge in [0.1, 0.15) is 0 Å². The van der Waals surface area contributed by atoms with E-state index in [9.17, 15) is 9.59 Å². The summed E-state index contributed by atoms with van der Waals surface area (Å²) in [7, 11) is 0. The van der Waals surface area contributed by atoms with Gasteiger partial charge in [-0.05, 0) is 31.0 Å². The van der Waals surface area contributed by atoms with E-state index in [4.69, 9.17) is 16.7 Å². The number of hydrogen-bond acceptors (Lipinski definition) is 3. The lowest BCUT2D eigenvalue weighted by Gasteiger charge is -2.11. The van der Waals surface area contributed by atoms with Crippen molar-refractivity contribution < 1.29 is 9.90 Å². The third kappa shape index (κ3) is 2.58. The molecule has 0 aliphatic carbocycles. The fourth-order valence-corrected chi connectivity index (χ4v) is 2.06. The highest BCUT2D eigenvalue weighted by molar-refractivity contribution is 6.32. The van der Waals surface area contributed by atoms with Crippen LogP contribution in [0.2, 0.25) is 5.02 Å². The van der Waals surface area contributed by atoms with Gasteiger partial charge in [-0.25, -0.2) is 9.48 Å². The van der Waals surface area contributed by atoms with Gasteiger partial charge in [0.05, 0.1) is 10.7 Å². The summed E-state index contributed by atoms with van der Waals surface area (Å²) in [4.78, 5) is 23.0. The number of aromatic carboxylic acids is 1. The lowest BCUT2D eigenvalue weighted by Crippen LogP contribution is -2.24. The molecule has 0 spiro atoms. The van der Waals surface area contributed by atoms with Crippen LogP contribution in [0.1, 0.15) is 28.5 Å². The predicted octanol–water partition coefficient (Wildman–Crippen LogP) is 2.45. The van der Waals surface area contributed by atoms with Gasteiger partial charge in [-0.2, -0.15) is 5.10 Å². The summed E-state index contributed by atoms with van der Waals surface area (Å²) in [6.45, 7) is 3.67. The van der Waals surface area contributed by atoms with E-state index in [1.807, 2.05) is 13.0 Å². The number of carboxylic acids is 1. The standard InChI is InChI=1S/C14H13ClN2O3/c1-3-9-7-17(16-12(13(9)18)14(19)20)11-6-8(2)4-5-10(11)15/h4-7H,3H2,1-2H3,(H,19,20). The van der Waals surface area contributed by atoms with E-state index in [2.05, 4.69) is 5.10 Å². The van der Waals surface area contributed by atoms with E-state index in [-0.39, 0.29) is 0 Å². The molecule has 1 N–H and O–H groups in total. The van der Waals surface area contributed by atoms with E-state index in [0.29, 0.717) is 22.7 Å². The average molecular weight is 293 g/mol. The molecule has 1 heterocycles. The Kier molecular flexibility index (Phi) is 3.90. The fourth-order valence-electron chi connectivity index (χ4n) is 1.85. The first-order valence-corrected chi connectivity index (χ1v) is 6.44. The van der Waals surface area contributed by atoms with E-state index >= 15 is 0 Å². The normalized spacial score (nSPS) is 10.6. The van der Waals surface area contributed by atoms with Crippen LogP contribution >= 0.6 is 11.6 Å². The topological polar surface area (TPSA) is 72.2 Å². The summed E-state index contributed by atoms with van der Waals surface area (Å²) in [6.07, 6.45) is 1.94. The second kappa shape index (κ2) is 5.46. The smallest absolute Gasteiger partial charge is 0.360 e. The Hall–Kier alpha value is -2.14. The Balaban J connectivity index is 2.75. The summed E-state index contributed by atoms with van der Waals surface area (Å²) in [6, 6.07) is 5.33. The maximum Gasteiger partial charge on any atom is 0.360 e. The summed E-state index contributed by atoms with van der Waals surface area (Å²) >= 11 is 6.11. The quantitative estimate of drug-likeness (QED) is 0.943. The van der Waals surface area contributed by atoms with Crippen molar-refractivity contribution in [2.45, 2.75) is 20.3 Å². The first-order chi connectivity index (χ1) is 9.43. The Morgan fingerprint density at radius 3 is 2.75 bits per heavy atom. The van der Waals surface area contributed by atoms with E-state index < -0.39 is 17.1 Å². The monoisotopic (exact) mass is 292 g/mol. The Labute approximate surface area is 120 Å². The van der Waals surface area contributed by atoms with Gasteiger partial charge in [-0.15, -0.1) is 0 Å². The van der Waals surface area contributed by atoms with Crippen LogP contribution in [-0.2, 0) is 6.42 Å². The van der Waals surface area contributed by atoms with Crippen molar-refractivity contribution in [3.63, 3.8) is 0 Å². The zero-order valence-corrected chi connectivity index (χ0v) is 11.8. The number of aryl methyl sites for hydroxylation is 2. The summed E-state index contributed by atoms with van der Waals surface area (Å²) in [5.41, 5.74) is 0.834. The van der Waals surface area contributed by atoms with Gasteiger partial charge in [0.2, 0.25) is 11.1 Å². The highest BCUT2D eigenvalue weighted by atomic mass is 35.5. The molecule has 1 aromatic carbocycles. The van der Waals surface area contributed by atoms with Crippen molar-refractivity contribution in [3.8, 4) is 5.69 Å². The number of carboxylic acid groups (broad SMARTS) is 1. The number of carbonyl (C=O) groups is 1. The molecule has 20 heavy (non-hydrogen) atoms. The van der Waals surface area contributed by atoms with Crippen molar-refractivity contribution in [2.75, 3.05) is 0 Å². The molecule has 5 nitrogen and oxygen atoms in total. The first-order valence-electron chi connectivity index (χ1n) is 6.06. The summed E-state index contributed by atoms with van der Waals surface area (Å²) < 4.78 is 1.35. The summed E-state index contributed by atoms with van der Waals surface area (Å²) in [5, 5.41) is 13.4. The molecule has 0 atom stereocenters. The number of hydrogen-bond donors (Lipinski definition) is 1. The molecule has 0 amide bonds. The van der Waals surface area contributed by atoms with Crippen LogP contribution in [0.3, 0.4) is 0 Å². The average Bonchev–Trinajstić information content (AvgIpc) is 2.41. The molecular weight excluding hydrogens is 280 g/mol. The van der Waals surface area contributed by atoms with Crippen molar-refractivity contribution in [3.05, 3.63) is 56.5 Å². The van der Waals surface area contributed by atoms with Gasteiger partial charge < -0.3 is 5.11 Å². The molecule has 6 heteroatoms. The summed E-state index contributed by atoms with van der Waals surface area (Å²) in [5.74, 6) is -1.34. The zero-order valence-electron chi connectivity index (χ0n) is 11.1. The molecule has 1 aromatic heterocycles. The van der Waals surface area contributed by atoms with Crippen LogP contribution in [0, 0.1) is 6.92 Å². The first kappa shape index (κ1) is 14.3. The molecule has 0 unspecified atom stereocenters.